The van der Waals surface area contributed by atoms with Crippen molar-refractivity contribution in [2.24, 2.45) is 0 Å². The predicted molar refractivity (Wildman–Crippen MR) is 68.9 cm³/mol. The van der Waals surface area contributed by atoms with Gasteiger partial charge < -0.3 is 0 Å². The first kappa shape index (κ1) is 9.69. The van der Waals surface area contributed by atoms with Crippen molar-refractivity contribution in [1.82, 2.24) is 0 Å². The maximum absolute atomic E-state index is 4.78. The van der Waals surface area contributed by atoms with Gasteiger partial charge >= 0.3 is 0 Å². The van der Waals surface area contributed by atoms with Gasteiger partial charge in [0.15, 0.2) is 0 Å². The molecular weight excluding hydrogens is 208 g/mol. The standard InChI is InChI=1S/C12H10S2/c13-9-14-8-10-5-6-11-3-1-2-4-12(11)7-10/h1-7,9H,8H2. The minimum absolute atomic E-state index is 0.967. The second-order valence-electron chi connectivity index (χ2n) is 3.09. The lowest BCUT2D eigenvalue weighted by Gasteiger charge is -2.01. The Morgan fingerprint density at radius 1 is 1.07 bits per heavy atom. The molecule has 0 aliphatic rings. The fraction of sp³-hybridized carbons (Fsp3) is 0.0833. The van der Waals surface area contributed by atoms with Crippen molar-refractivity contribution in [2.45, 2.75) is 5.75 Å². The summed E-state index contributed by atoms with van der Waals surface area (Å²) < 4.78 is 1.72. The summed E-state index contributed by atoms with van der Waals surface area (Å²) in [6.45, 7) is 0. The molecule has 2 rings (SSSR count). The number of rotatable bonds is 3. The third kappa shape index (κ3) is 2.14. The SMILES string of the molecule is S=CSCc1ccc2ccccc2c1. The monoisotopic (exact) mass is 218 g/mol. The number of thiocarbonyl (C=S) groups is 1. The normalized spacial score (nSPS) is 10.3. The highest BCUT2D eigenvalue weighted by Crippen LogP contribution is 2.18. The molecule has 70 valence electrons. The molecule has 0 atom stereocenters. The summed E-state index contributed by atoms with van der Waals surface area (Å²) in [6, 6.07) is 14.9. The van der Waals surface area contributed by atoms with Gasteiger partial charge in [-0.15, -0.1) is 11.8 Å². The van der Waals surface area contributed by atoms with Crippen LogP contribution >= 0.6 is 24.0 Å². The summed E-state index contributed by atoms with van der Waals surface area (Å²) >= 11 is 6.44. The molecule has 0 aromatic heterocycles. The minimum Gasteiger partial charge on any atom is -0.118 e. The molecule has 0 radical (unpaired) electrons. The molecule has 0 saturated carbocycles. The van der Waals surface area contributed by atoms with Gasteiger partial charge in [-0.05, 0) is 16.3 Å². The van der Waals surface area contributed by atoms with E-state index >= 15 is 0 Å². The maximum atomic E-state index is 4.78. The van der Waals surface area contributed by atoms with E-state index < -0.39 is 0 Å². The van der Waals surface area contributed by atoms with Crippen LogP contribution in [-0.4, -0.2) is 4.70 Å². The molecule has 0 unspecified atom stereocenters. The summed E-state index contributed by atoms with van der Waals surface area (Å²) in [6.07, 6.45) is 0. The number of thioether (sulfide) groups is 1. The summed E-state index contributed by atoms with van der Waals surface area (Å²) in [5.41, 5.74) is 1.33. The molecule has 2 aromatic carbocycles. The van der Waals surface area contributed by atoms with Crippen molar-refractivity contribution in [3.8, 4) is 0 Å². The fourth-order valence-electron chi connectivity index (χ4n) is 1.46. The largest absolute Gasteiger partial charge is 0.118 e. The first-order chi connectivity index (χ1) is 6.90. The topological polar surface area (TPSA) is 0 Å². The Balaban J connectivity index is 2.36. The van der Waals surface area contributed by atoms with Gasteiger partial charge in [-0.2, -0.15) is 0 Å². The van der Waals surface area contributed by atoms with E-state index in [1.165, 1.54) is 16.3 Å². The minimum atomic E-state index is 0.967. The lowest BCUT2D eigenvalue weighted by molar-refractivity contribution is 1.45. The van der Waals surface area contributed by atoms with Gasteiger partial charge in [0.1, 0.15) is 0 Å². The molecule has 0 N–H and O–H groups in total. The molecule has 0 bridgehead atoms. The Kier molecular flexibility index (Phi) is 3.17. The van der Waals surface area contributed by atoms with Crippen molar-refractivity contribution in [3.63, 3.8) is 0 Å². The average Bonchev–Trinajstić information content (AvgIpc) is 2.26. The second-order valence-corrected chi connectivity index (χ2v) is 4.48. The third-order valence-corrected chi connectivity index (χ3v) is 3.18. The Labute approximate surface area is 93.3 Å². The van der Waals surface area contributed by atoms with Gasteiger partial charge in [0.2, 0.25) is 0 Å². The van der Waals surface area contributed by atoms with E-state index in [1.54, 1.807) is 16.5 Å². The van der Waals surface area contributed by atoms with Crippen molar-refractivity contribution in [2.75, 3.05) is 0 Å². The maximum Gasteiger partial charge on any atom is 0.0345 e. The second kappa shape index (κ2) is 4.58. The van der Waals surface area contributed by atoms with Crippen LogP contribution in [0.4, 0.5) is 0 Å². The first-order valence-electron chi connectivity index (χ1n) is 4.43. The van der Waals surface area contributed by atoms with Gasteiger partial charge in [0, 0.05) is 10.5 Å². The van der Waals surface area contributed by atoms with E-state index in [1.807, 2.05) is 0 Å². The molecule has 2 heteroatoms. The van der Waals surface area contributed by atoms with E-state index in [0.717, 1.165) is 5.75 Å². The molecule has 0 spiro atoms. The van der Waals surface area contributed by atoms with Gasteiger partial charge in [-0.1, -0.05) is 54.7 Å². The lowest BCUT2D eigenvalue weighted by Crippen LogP contribution is -1.80. The average molecular weight is 218 g/mol. The Morgan fingerprint density at radius 3 is 2.64 bits per heavy atom. The lowest BCUT2D eigenvalue weighted by atomic mass is 10.1. The Hall–Kier alpha value is -0.860. The summed E-state index contributed by atoms with van der Waals surface area (Å²) in [4.78, 5) is 0. The van der Waals surface area contributed by atoms with Gasteiger partial charge in [0.05, 0.1) is 0 Å². The van der Waals surface area contributed by atoms with Crippen LogP contribution in [0.1, 0.15) is 5.56 Å². The number of hydrogen-bond acceptors (Lipinski definition) is 2. The van der Waals surface area contributed by atoms with Crippen molar-refractivity contribution in [3.05, 3.63) is 48.0 Å². The molecule has 14 heavy (non-hydrogen) atoms. The number of benzene rings is 2. The van der Waals surface area contributed by atoms with Crippen LogP contribution in [0.25, 0.3) is 10.8 Å². The highest BCUT2D eigenvalue weighted by molar-refractivity contribution is 8.20. The molecule has 0 nitrogen and oxygen atoms in total. The number of fused-ring (bicyclic) bond motifs is 1. The number of hydrogen-bond donors (Lipinski definition) is 0. The third-order valence-electron chi connectivity index (χ3n) is 2.13. The molecule has 0 heterocycles. The Bertz CT molecular complexity index is 449. The van der Waals surface area contributed by atoms with Gasteiger partial charge in [-0.25, -0.2) is 0 Å². The molecule has 0 fully saturated rings. The van der Waals surface area contributed by atoms with Crippen LogP contribution in [-0.2, 0) is 5.75 Å². The van der Waals surface area contributed by atoms with Crippen LogP contribution in [0.5, 0.6) is 0 Å². The zero-order chi connectivity index (χ0) is 9.80. The Morgan fingerprint density at radius 2 is 1.86 bits per heavy atom. The highest BCUT2D eigenvalue weighted by Gasteiger charge is 1.95. The molecule has 0 aliphatic heterocycles. The summed E-state index contributed by atoms with van der Waals surface area (Å²) in [5.74, 6) is 0.967. The van der Waals surface area contributed by atoms with Crippen LogP contribution in [0.2, 0.25) is 0 Å². The molecular formula is C12H10S2. The fourth-order valence-corrected chi connectivity index (χ4v) is 2.10. The van der Waals surface area contributed by atoms with Crippen LogP contribution in [0, 0.1) is 0 Å². The predicted octanol–water partition coefficient (Wildman–Crippen LogP) is 4.03. The zero-order valence-corrected chi connectivity index (χ0v) is 9.28. The van der Waals surface area contributed by atoms with Crippen LogP contribution < -0.4 is 0 Å². The molecule has 0 saturated heterocycles. The van der Waals surface area contributed by atoms with E-state index in [9.17, 15) is 0 Å². The van der Waals surface area contributed by atoms with E-state index in [2.05, 4.69) is 42.5 Å². The highest BCUT2D eigenvalue weighted by atomic mass is 32.2. The van der Waals surface area contributed by atoms with Gasteiger partial charge in [-0.3, -0.25) is 0 Å². The molecule has 0 aliphatic carbocycles. The first-order valence-corrected chi connectivity index (χ1v) is 5.95. The van der Waals surface area contributed by atoms with E-state index in [0.29, 0.717) is 0 Å². The van der Waals surface area contributed by atoms with Crippen LogP contribution in [0.3, 0.4) is 0 Å². The zero-order valence-electron chi connectivity index (χ0n) is 7.64. The van der Waals surface area contributed by atoms with Crippen molar-refractivity contribution < 1.29 is 0 Å². The quantitative estimate of drug-likeness (QED) is 0.713. The molecule has 0 amide bonds. The van der Waals surface area contributed by atoms with E-state index in [-0.39, 0.29) is 0 Å². The summed E-state index contributed by atoms with van der Waals surface area (Å²) in [5, 5.41) is 2.60. The summed E-state index contributed by atoms with van der Waals surface area (Å²) in [7, 11) is 0. The van der Waals surface area contributed by atoms with Crippen molar-refractivity contribution >= 4 is 39.5 Å². The molecule has 2 aromatic rings. The smallest absolute Gasteiger partial charge is 0.0345 e. The van der Waals surface area contributed by atoms with E-state index in [4.69, 9.17) is 12.2 Å². The van der Waals surface area contributed by atoms with Crippen molar-refractivity contribution in [1.29, 1.82) is 0 Å². The van der Waals surface area contributed by atoms with Crippen LogP contribution in [0.15, 0.2) is 42.5 Å². The van der Waals surface area contributed by atoms with Gasteiger partial charge in [0.25, 0.3) is 0 Å².